The van der Waals surface area contributed by atoms with Crippen LogP contribution in [0.15, 0.2) is 35.2 Å². The number of aromatic nitrogens is 2. The van der Waals surface area contributed by atoms with Gasteiger partial charge in [-0.3, -0.25) is 0 Å². The fraction of sp³-hybridized carbons (Fsp3) is 0. The molecule has 1 aromatic carbocycles. The van der Waals surface area contributed by atoms with E-state index in [0.717, 1.165) is 0 Å². The molecule has 2 aromatic rings. The van der Waals surface area contributed by atoms with Gasteiger partial charge in [-0.1, -0.05) is 30.3 Å². The Kier molecular flexibility index (Phi) is 2.89. The summed E-state index contributed by atoms with van der Waals surface area (Å²) in [6.45, 7) is 0. The van der Waals surface area contributed by atoms with Crippen LogP contribution in [0.25, 0.3) is 11.3 Å². The molecule has 6 N–H and O–H groups in total. The monoisotopic (exact) mass is 265 g/mol. The van der Waals surface area contributed by atoms with Gasteiger partial charge >= 0.3 is 0 Å². The van der Waals surface area contributed by atoms with Gasteiger partial charge in [0, 0.05) is 5.56 Å². The number of anilines is 2. The van der Waals surface area contributed by atoms with Crippen molar-refractivity contribution in [2.75, 3.05) is 11.5 Å². The first-order valence-electron chi connectivity index (χ1n) is 4.91. The molecule has 0 amide bonds. The number of hydrogen-bond acceptors (Lipinski definition) is 6. The number of sulfonamides is 1. The van der Waals surface area contributed by atoms with E-state index in [1.54, 1.807) is 30.3 Å². The molecule has 0 fully saturated rings. The highest BCUT2D eigenvalue weighted by atomic mass is 32.2. The van der Waals surface area contributed by atoms with Gasteiger partial charge in [0.1, 0.15) is 5.82 Å². The zero-order chi connectivity index (χ0) is 13.3. The minimum atomic E-state index is -4.03. The third-order valence-electron chi connectivity index (χ3n) is 2.24. The molecule has 0 aliphatic carbocycles. The van der Waals surface area contributed by atoms with Gasteiger partial charge in [-0.15, -0.1) is 0 Å². The smallest absolute Gasteiger partial charge is 0.243 e. The average molecular weight is 265 g/mol. The standard InChI is InChI=1S/C10H11N5O2S/c11-9-8(18(13,16)17)7(14-10(12)15-9)6-4-2-1-3-5-6/h1-5H,(H2,13,16,17)(H4,11,12,14,15). The summed E-state index contributed by atoms with van der Waals surface area (Å²) >= 11 is 0. The highest BCUT2D eigenvalue weighted by Gasteiger charge is 2.22. The summed E-state index contributed by atoms with van der Waals surface area (Å²) in [7, 11) is -4.03. The van der Waals surface area contributed by atoms with Crippen molar-refractivity contribution in [1.29, 1.82) is 0 Å². The van der Waals surface area contributed by atoms with E-state index in [4.69, 9.17) is 16.6 Å². The molecule has 2 rings (SSSR count). The number of benzene rings is 1. The normalized spacial score (nSPS) is 11.4. The Morgan fingerprint density at radius 3 is 2.17 bits per heavy atom. The number of hydrogen-bond donors (Lipinski definition) is 3. The van der Waals surface area contributed by atoms with Crippen molar-refractivity contribution >= 4 is 21.8 Å². The van der Waals surface area contributed by atoms with E-state index in [0.29, 0.717) is 5.56 Å². The van der Waals surface area contributed by atoms with Crippen molar-refractivity contribution in [2.45, 2.75) is 4.90 Å². The first kappa shape index (κ1) is 12.3. The van der Waals surface area contributed by atoms with Crippen LogP contribution in [0, 0.1) is 0 Å². The largest absolute Gasteiger partial charge is 0.382 e. The molecule has 94 valence electrons. The van der Waals surface area contributed by atoms with Crippen molar-refractivity contribution in [1.82, 2.24) is 9.97 Å². The number of rotatable bonds is 2. The summed E-state index contributed by atoms with van der Waals surface area (Å²) in [5.74, 6) is -0.373. The quantitative estimate of drug-likeness (QED) is 0.696. The van der Waals surface area contributed by atoms with Crippen LogP contribution in [0.4, 0.5) is 11.8 Å². The molecule has 8 heteroatoms. The van der Waals surface area contributed by atoms with Crippen LogP contribution >= 0.6 is 0 Å². The van der Waals surface area contributed by atoms with Crippen LogP contribution in [0.2, 0.25) is 0 Å². The predicted molar refractivity (Wildman–Crippen MR) is 67.7 cm³/mol. The molecule has 0 aliphatic rings. The van der Waals surface area contributed by atoms with Gasteiger partial charge < -0.3 is 11.5 Å². The number of nitrogens with zero attached hydrogens (tertiary/aromatic N) is 2. The molecule has 1 aromatic heterocycles. The van der Waals surface area contributed by atoms with Crippen LogP contribution in [-0.2, 0) is 10.0 Å². The lowest BCUT2D eigenvalue weighted by Gasteiger charge is -2.09. The Balaban J connectivity index is 2.82. The Hall–Kier alpha value is -2.19. The third kappa shape index (κ3) is 2.24. The Morgan fingerprint density at radius 1 is 1.00 bits per heavy atom. The first-order valence-corrected chi connectivity index (χ1v) is 6.45. The van der Waals surface area contributed by atoms with Gasteiger partial charge in [-0.2, -0.15) is 4.98 Å². The van der Waals surface area contributed by atoms with Crippen molar-refractivity contribution in [3.8, 4) is 11.3 Å². The maximum atomic E-state index is 11.5. The first-order chi connectivity index (χ1) is 8.39. The summed E-state index contributed by atoms with van der Waals surface area (Å²) in [6, 6.07) is 8.60. The molecular weight excluding hydrogens is 254 g/mol. The number of primary sulfonamides is 1. The molecule has 0 aliphatic heterocycles. The number of nitrogen functional groups attached to an aromatic ring is 2. The van der Waals surface area contributed by atoms with Crippen LogP contribution in [-0.4, -0.2) is 18.4 Å². The molecule has 0 saturated heterocycles. The molecule has 0 spiro atoms. The van der Waals surface area contributed by atoms with Crippen molar-refractivity contribution < 1.29 is 8.42 Å². The topological polar surface area (TPSA) is 138 Å². The van der Waals surface area contributed by atoms with E-state index in [2.05, 4.69) is 9.97 Å². The lowest BCUT2D eigenvalue weighted by atomic mass is 10.1. The maximum Gasteiger partial charge on any atom is 0.243 e. The van der Waals surface area contributed by atoms with E-state index < -0.39 is 10.0 Å². The zero-order valence-corrected chi connectivity index (χ0v) is 10.1. The van der Waals surface area contributed by atoms with Crippen LogP contribution < -0.4 is 16.6 Å². The van der Waals surface area contributed by atoms with Crippen LogP contribution in [0.5, 0.6) is 0 Å². The van der Waals surface area contributed by atoms with Gasteiger partial charge in [0.25, 0.3) is 0 Å². The fourth-order valence-corrected chi connectivity index (χ4v) is 2.33. The highest BCUT2D eigenvalue weighted by molar-refractivity contribution is 7.89. The Morgan fingerprint density at radius 2 is 1.61 bits per heavy atom. The van der Waals surface area contributed by atoms with E-state index >= 15 is 0 Å². The van der Waals surface area contributed by atoms with Crippen molar-refractivity contribution in [3.05, 3.63) is 30.3 Å². The maximum absolute atomic E-state index is 11.5. The second-order valence-corrected chi connectivity index (χ2v) is 5.05. The second-order valence-electron chi connectivity index (χ2n) is 3.56. The zero-order valence-electron chi connectivity index (χ0n) is 9.24. The van der Waals surface area contributed by atoms with Gasteiger partial charge in [0.2, 0.25) is 16.0 Å². The molecular formula is C10H11N5O2S. The molecule has 0 atom stereocenters. The Labute approximate surface area is 104 Å². The molecule has 0 radical (unpaired) electrons. The lowest BCUT2D eigenvalue weighted by Crippen LogP contribution is -2.18. The summed E-state index contributed by atoms with van der Waals surface area (Å²) in [6.07, 6.45) is 0. The lowest BCUT2D eigenvalue weighted by molar-refractivity contribution is 0.598. The van der Waals surface area contributed by atoms with Gasteiger partial charge in [0.15, 0.2) is 4.90 Å². The molecule has 0 unspecified atom stereocenters. The van der Waals surface area contributed by atoms with Crippen molar-refractivity contribution in [3.63, 3.8) is 0 Å². The number of nitrogens with two attached hydrogens (primary N) is 3. The summed E-state index contributed by atoms with van der Waals surface area (Å²) in [5, 5.41) is 5.12. The summed E-state index contributed by atoms with van der Waals surface area (Å²) in [5.41, 5.74) is 11.7. The Bertz CT molecular complexity index is 685. The fourth-order valence-electron chi connectivity index (χ4n) is 1.56. The molecule has 1 heterocycles. The molecule has 18 heavy (non-hydrogen) atoms. The molecule has 0 saturated carbocycles. The van der Waals surface area contributed by atoms with Crippen molar-refractivity contribution in [2.24, 2.45) is 5.14 Å². The van der Waals surface area contributed by atoms with Gasteiger partial charge in [-0.25, -0.2) is 18.5 Å². The van der Waals surface area contributed by atoms with Crippen LogP contribution in [0.3, 0.4) is 0 Å². The summed E-state index contributed by atoms with van der Waals surface area (Å²) in [4.78, 5) is 7.19. The van der Waals surface area contributed by atoms with E-state index in [1.807, 2.05) is 0 Å². The molecule has 0 bridgehead atoms. The highest BCUT2D eigenvalue weighted by Crippen LogP contribution is 2.28. The minimum absolute atomic E-state index is 0.100. The average Bonchev–Trinajstić information content (AvgIpc) is 2.27. The molecule has 7 nitrogen and oxygen atoms in total. The minimum Gasteiger partial charge on any atom is -0.382 e. The second kappa shape index (κ2) is 4.24. The SMILES string of the molecule is Nc1nc(N)c(S(N)(=O)=O)c(-c2ccccc2)n1. The van der Waals surface area contributed by atoms with Crippen LogP contribution in [0.1, 0.15) is 0 Å². The predicted octanol–water partition coefficient (Wildman–Crippen LogP) is -0.0446. The third-order valence-corrected chi connectivity index (χ3v) is 3.21. The van der Waals surface area contributed by atoms with E-state index in [9.17, 15) is 8.42 Å². The van der Waals surface area contributed by atoms with E-state index in [1.165, 1.54) is 0 Å². The van der Waals surface area contributed by atoms with Gasteiger partial charge in [0.05, 0.1) is 5.69 Å². The van der Waals surface area contributed by atoms with E-state index in [-0.39, 0.29) is 22.4 Å². The van der Waals surface area contributed by atoms with Gasteiger partial charge in [-0.05, 0) is 0 Å². The summed E-state index contributed by atoms with van der Waals surface area (Å²) < 4.78 is 23.1.